The van der Waals surface area contributed by atoms with E-state index in [1.165, 1.54) is 22.7 Å². The molecule has 1 aromatic carbocycles. The maximum absolute atomic E-state index is 12.5. The number of nitrogens with one attached hydrogen (secondary N) is 1. The predicted octanol–water partition coefficient (Wildman–Crippen LogP) is 2.59. The number of carbonyl (C=O) groups is 1. The van der Waals surface area contributed by atoms with Gasteiger partial charge in [-0.2, -0.15) is 8.42 Å². The van der Waals surface area contributed by atoms with E-state index >= 15 is 0 Å². The van der Waals surface area contributed by atoms with Gasteiger partial charge in [-0.25, -0.2) is 0 Å². The predicted molar refractivity (Wildman–Crippen MR) is 93.0 cm³/mol. The second-order valence-electron chi connectivity index (χ2n) is 5.88. The molecule has 1 aliphatic rings. The van der Waals surface area contributed by atoms with E-state index in [0.717, 1.165) is 5.56 Å². The quantitative estimate of drug-likeness (QED) is 0.903. The van der Waals surface area contributed by atoms with Gasteiger partial charge >= 0.3 is 10.2 Å². The molecule has 1 N–H and O–H groups in total. The molecule has 0 radical (unpaired) electrons. The van der Waals surface area contributed by atoms with Crippen molar-refractivity contribution < 1.29 is 17.6 Å². The number of hydrogen-bond acceptors (Lipinski definition) is 4. The minimum Gasteiger partial charge on any atom is -0.466 e. The van der Waals surface area contributed by atoms with Crippen LogP contribution in [0.2, 0.25) is 0 Å². The fourth-order valence-corrected chi connectivity index (χ4v) is 3.96. The molecular formula is C16H19N3O4S. The highest BCUT2D eigenvalue weighted by atomic mass is 32.2. The lowest BCUT2D eigenvalue weighted by atomic mass is 10.1. The standard InChI is InChI=1S/C16H19N3O4S/c1-9-6-14-15(19(5)24(21,22)18(14)4)8-13(9)17-16(20)12-7-10(2)23-11(12)3/h6-8H,1-5H3,(H,17,20). The Kier molecular flexibility index (Phi) is 3.60. The van der Waals surface area contributed by atoms with Gasteiger partial charge in [-0.1, -0.05) is 0 Å². The SMILES string of the molecule is Cc1cc(C(=O)Nc2cc3c(cc2C)N(C)S(=O)(=O)N3C)c(C)o1. The highest BCUT2D eigenvalue weighted by molar-refractivity contribution is 7.94. The maximum Gasteiger partial charge on any atom is 0.326 e. The molecule has 0 saturated carbocycles. The van der Waals surface area contributed by atoms with Crippen LogP contribution in [-0.2, 0) is 10.2 Å². The fraction of sp³-hybridized carbons (Fsp3) is 0.312. The molecule has 0 spiro atoms. The van der Waals surface area contributed by atoms with E-state index in [1.807, 2.05) is 6.92 Å². The number of carbonyl (C=O) groups excluding carboxylic acids is 1. The maximum atomic E-state index is 12.5. The van der Waals surface area contributed by atoms with E-state index in [2.05, 4.69) is 5.32 Å². The van der Waals surface area contributed by atoms with Crippen molar-refractivity contribution in [2.24, 2.45) is 0 Å². The van der Waals surface area contributed by atoms with Crippen molar-refractivity contribution in [3.05, 3.63) is 40.8 Å². The Morgan fingerprint density at radius 1 is 1.04 bits per heavy atom. The summed E-state index contributed by atoms with van der Waals surface area (Å²) in [5.74, 6) is 0.920. The van der Waals surface area contributed by atoms with Crippen molar-refractivity contribution in [3.8, 4) is 0 Å². The molecule has 7 nitrogen and oxygen atoms in total. The van der Waals surface area contributed by atoms with Crippen molar-refractivity contribution in [1.82, 2.24) is 0 Å². The zero-order valence-electron chi connectivity index (χ0n) is 14.2. The van der Waals surface area contributed by atoms with Crippen LogP contribution in [0.15, 0.2) is 22.6 Å². The number of amides is 1. The Morgan fingerprint density at radius 2 is 1.62 bits per heavy atom. The van der Waals surface area contributed by atoms with Crippen LogP contribution in [-0.4, -0.2) is 28.4 Å². The van der Waals surface area contributed by atoms with Gasteiger partial charge in [0, 0.05) is 19.8 Å². The van der Waals surface area contributed by atoms with Crippen LogP contribution in [0.1, 0.15) is 27.4 Å². The van der Waals surface area contributed by atoms with E-state index in [9.17, 15) is 13.2 Å². The molecule has 0 atom stereocenters. The molecule has 8 heteroatoms. The summed E-state index contributed by atoms with van der Waals surface area (Å²) in [5, 5.41) is 2.83. The smallest absolute Gasteiger partial charge is 0.326 e. The molecular weight excluding hydrogens is 330 g/mol. The van der Waals surface area contributed by atoms with Crippen LogP contribution in [0.5, 0.6) is 0 Å². The Morgan fingerprint density at radius 3 is 2.17 bits per heavy atom. The molecule has 3 rings (SSSR count). The summed E-state index contributed by atoms with van der Waals surface area (Å²) in [7, 11) is -0.546. The van der Waals surface area contributed by atoms with Gasteiger partial charge in [0.2, 0.25) is 0 Å². The van der Waals surface area contributed by atoms with Crippen LogP contribution in [0.4, 0.5) is 17.1 Å². The summed E-state index contributed by atoms with van der Waals surface area (Å²) in [5.41, 5.74) is 2.92. The topological polar surface area (TPSA) is 82.9 Å². The summed E-state index contributed by atoms with van der Waals surface area (Å²) < 4.78 is 32.2. The Labute approximate surface area is 141 Å². The van der Waals surface area contributed by atoms with Crippen LogP contribution < -0.4 is 13.9 Å². The Bertz CT molecular complexity index is 946. The molecule has 0 bridgehead atoms. The summed E-state index contributed by atoms with van der Waals surface area (Å²) >= 11 is 0. The second-order valence-corrected chi connectivity index (χ2v) is 7.87. The molecule has 128 valence electrons. The first-order chi connectivity index (χ1) is 11.1. The summed E-state index contributed by atoms with van der Waals surface area (Å²) in [6.07, 6.45) is 0. The van der Waals surface area contributed by atoms with E-state index in [-0.39, 0.29) is 5.91 Å². The minimum atomic E-state index is -3.54. The average molecular weight is 349 g/mol. The largest absolute Gasteiger partial charge is 0.466 e. The van der Waals surface area contributed by atoms with Gasteiger partial charge in [-0.15, -0.1) is 0 Å². The molecule has 1 aliphatic heterocycles. The number of nitrogens with zero attached hydrogens (tertiary/aromatic N) is 2. The molecule has 2 heterocycles. The monoisotopic (exact) mass is 349 g/mol. The van der Waals surface area contributed by atoms with Crippen molar-refractivity contribution in [1.29, 1.82) is 0 Å². The Balaban J connectivity index is 1.99. The number of anilines is 3. The third-order valence-electron chi connectivity index (χ3n) is 4.23. The molecule has 0 fully saturated rings. The third kappa shape index (κ3) is 2.34. The normalized spacial score (nSPS) is 15.5. The van der Waals surface area contributed by atoms with Crippen LogP contribution in [0.25, 0.3) is 0 Å². The number of rotatable bonds is 2. The number of furan rings is 1. The van der Waals surface area contributed by atoms with Crippen LogP contribution in [0, 0.1) is 20.8 Å². The first kappa shape index (κ1) is 16.4. The lowest BCUT2D eigenvalue weighted by Gasteiger charge is -2.13. The minimum absolute atomic E-state index is 0.288. The number of benzene rings is 1. The molecule has 2 aromatic rings. The van der Waals surface area contributed by atoms with Gasteiger partial charge in [-0.3, -0.25) is 13.4 Å². The van der Waals surface area contributed by atoms with Gasteiger partial charge in [0.1, 0.15) is 11.5 Å². The highest BCUT2D eigenvalue weighted by Crippen LogP contribution is 2.42. The summed E-state index contributed by atoms with van der Waals surface area (Å²) in [4.78, 5) is 12.5. The van der Waals surface area contributed by atoms with Gasteiger partial charge < -0.3 is 9.73 Å². The van der Waals surface area contributed by atoms with E-state index in [1.54, 1.807) is 32.0 Å². The Hall–Kier alpha value is -2.48. The van der Waals surface area contributed by atoms with Crippen molar-refractivity contribution in [2.75, 3.05) is 28.0 Å². The first-order valence-corrected chi connectivity index (χ1v) is 8.78. The van der Waals surface area contributed by atoms with E-state index in [0.29, 0.717) is 34.1 Å². The van der Waals surface area contributed by atoms with Gasteiger partial charge in [0.15, 0.2) is 0 Å². The van der Waals surface area contributed by atoms with Crippen molar-refractivity contribution >= 4 is 33.2 Å². The van der Waals surface area contributed by atoms with Crippen LogP contribution in [0.3, 0.4) is 0 Å². The van der Waals surface area contributed by atoms with E-state index in [4.69, 9.17) is 4.42 Å². The highest BCUT2D eigenvalue weighted by Gasteiger charge is 2.36. The first-order valence-electron chi connectivity index (χ1n) is 7.38. The molecule has 0 unspecified atom stereocenters. The third-order valence-corrected chi connectivity index (χ3v) is 6.00. The number of fused-ring (bicyclic) bond motifs is 1. The molecule has 1 aromatic heterocycles. The second kappa shape index (κ2) is 5.27. The fourth-order valence-electron chi connectivity index (χ4n) is 2.80. The lowest BCUT2D eigenvalue weighted by molar-refractivity contribution is 0.102. The van der Waals surface area contributed by atoms with Gasteiger partial charge in [0.05, 0.1) is 16.9 Å². The van der Waals surface area contributed by atoms with Gasteiger partial charge in [-0.05, 0) is 44.5 Å². The molecule has 24 heavy (non-hydrogen) atoms. The molecule has 0 aliphatic carbocycles. The van der Waals surface area contributed by atoms with Crippen molar-refractivity contribution in [3.63, 3.8) is 0 Å². The van der Waals surface area contributed by atoms with E-state index < -0.39 is 10.2 Å². The average Bonchev–Trinajstić information content (AvgIpc) is 2.92. The van der Waals surface area contributed by atoms with Crippen molar-refractivity contribution in [2.45, 2.75) is 20.8 Å². The number of aryl methyl sites for hydroxylation is 3. The van der Waals surface area contributed by atoms with Gasteiger partial charge in [0.25, 0.3) is 5.91 Å². The number of hydrogen-bond donors (Lipinski definition) is 1. The molecule has 1 amide bonds. The molecule has 0 saturated heterocycles. The summed E-state index contributed by atoms with van der Waals surface area (Å²) in [6.45, 7) is 5.33. The summed E-state index contributed by atoms with van der Waals surface area (Å²) in [6, 6.07) is 5.10. The van der Waals surface area contributed by atoms with Crippen LogP contribution >= 0.6 is 0 Å². The zero-order valence-corrected chi connectivity index (χ0v) is 15.0. The zero-order chi connectivity index (χ0) is 17.8. The lowest BCUT2D eigenvalue weighted by Crippen LogP contribution is -2.32.